The zero-order valence-corrected chi connectivity index (χ0v) is 17.1. The van der Waals surface area contributed by atoms with Gasteiger partial charge in [-0.15, -0.1) is 0 Å². The molecule has 5 nitrogen and oxygen atoms in total. The average Bonchev–Trinajstić information content (AvgIpc) is 2.71. The summed E-state index contributed by atoms with van der Waals surface area (Å²) < 4.78 is 5.86. The highest BCUT2D eigenvalue weighted by Gasteiger charge is 2.14. The van der Waals surface area contributed by atoms with E-state index in [0.29, 0.717) is 5.75 Å². The number of carbonyl (C=O) groups excluding carboxylic acids is 1. The molecule has 5 heteroatoms. The number of benzene rings is 2. The highest BCUT2D eigenvalue weighted by atomic mass is 16.5. The molecule has 1 amide bonds. The minimum atomic E-state index is -0.181. The van der Waals surface area contributed by atoms with Crippen LogP contribution in [-0.4, -0.2) is 30.6 Å². The van der Waals surface area contributed by atoms with Gasteiger partial charge in [-0.1, -0.05) is 18.2 Å². The number of hydrogen-bond donors (Lipinski definition) is 1. The Morgan fingerprint density at radius 2 is 1.79 bits per heavy atom. The number of hydrogen-bond acceptors (Lipinski definition) is 4. The lowest BCUT2D eigenvalue weighted by Gasteiger charge is -2.28. The second-order valence-electron chi connectivity index (χ2n) is 7.76. The Kier molecular flexibility index (Phi) is 5.65. The number of amides is 1. The van der Waals surface area contributed by atoms with E-state index in [1.807, 2.05) is 44.2 Å². The zero-order chi connectivity index (χ0) is 20.2. The SMILES string of the molecule is Cc1cc(C)cc(NC(=O)COc2cccc3ccc(N4CCCCC4)nc23)c1. The Balaban J connectivity index is 1.48. The second-order valence-corrected chi connectivity index (χ2v) is 7.76. The van der Waals surface area contributed by atoms with E-state index in [4.69, 9.17) is 9.72 Å². The van der Waals surface area contributed by atoms with Crippen LogP contribution in [-0.2, 0) is 4.79 Å². The standard InChI is InChI=1S/C24H27N3O2/c1-17-13-18(2)15-20(14-17)25-23(28)16-29-21-8-6-7-19-9-10-22(26-24(19)21)27-11-4-3-5-12-27/h6-10,13-15H,3-5,11-12,16H2,1-2H3,(H,25,28). The van der Waals surface area contributed by atoms with E-state index < -0.39 is 0 Å². The molecule has 0 spiro atoms. The van der Waals surface area contributed by atoms with Crippen molar-refractivity contribution in [3.63, 3.8) is 0 Å². The summed E-state index contributed by atoms with van der Waals surface area (Å²) in [5.74, 6) is 1.43. The molecule has 2 heterocycles. The molecule has 0 atom stereocenters. The van der Waals surface area contributed by atoms with Crippen molar-refractivity contribution in [2.75, 3.05) is 29.9 Å². The third kappa shape index (κ3) is 4.67. The molecule has 0 saturated carbocycles. The van der Waals surface area contributed by atoms with Gasteiger partial charge in [-0.3, -0.25) is 4.79 Å². The van der Waals surface area contributed by atoms with Gasteiger partial charge >= 0.3 is 0 Å². The summed E-state index contributed by atoms with van der Waals surface area (Å²) in [5, 5.41) is 3.92. The second kappa shape index (κ2) is 8.52. The molecule has 0 radical (unpaired) electrons. The van der Waals surface area contributed by atoms with Gasteiger partial charge in [0.2, 0.25) is 0 Å². The summed E-state index contributed by atoms with van der Waals surface area (Å²) in [6, 6.07) is 16.0. The van der Waals surface area contributed by atoms with Gasteiger partial charge in [0.25, 0.3) is 5.91 Å². The summed E-state index contributed by atoms with van der Waals surface area (Å²) >= 11 is 0. The number of para-hydroxylation sites is 1. The number of ether oxygens (including phenoxy) is 1. The predicted octanol–water partition coefficient (Wildman–Crippen LogP) is 4.86. The van der Waals surface area contributed by atoms with E-state index in [2.05, 4.69) is 28.4 Å². The molecule has 1 aromatic heterocycles. The summed E-state index contributed by atoms with van der Waals surface area (Å²) in [4.78, 5) is 19.6. The fraction of sp³-hybridized carbons (Fsp3) is 0.333. The Hall–Kier alpha value is -3.08. The first kappa shape index (κ1) is 19.2. The van der Waals surface area contributed by atoms with E-state index >= 15 is 0 Å². The smallest absolute Gasteiger partial charge is 0.262 e. The summed E-state index contributed by atoms with van der Waals surface area (Å²) in [5.41, 5.74) is 3.82. The molecule has 29 heavy (non-hydrogen) atoms. The Morgan fingerprint density at radius 3 is 2.55 bits per heavy atom. The molecule has 0 unspecified atom stereocenters. The molecule has 1 N–H and O–H groups in total. The number of carbonyl (C=O) groups is 1. The molecular formula is C24H27N3O2. The van der Waals surface area contributed by atoms with Crippen molar-refractivity contribution in [3.8, 4) is 5.75 Å². The van der Waals surface area contributed by atoms with Gasteiger partial charge in [-0.05, 0) is 74.6 Å². The fourth-order valence-electron chi connectivity index (χ4n) is 3.91. The van der Waals surface area contributed by atoms with E-state index in [-0.39, 0.29) is 12.5 Å². The first-order valence-electron chi connectivity index (χ1n) is 10.2. The van der Waals surface area contributed by atoms with E-state index in [1.165, 1.54) is 19.3 Å². The maximum absolute atomic E-state index is 12.4. The molecule has 4 rings (SSSR count). The van der Waals surface area contributed by atoms with Crippen LogP contribution in [0, 0.1) is 13.8 Å². The van der Waals surface area contributed by atoms with Crippen molar-refractivity contribution in [3.05, 3.63) is 59.7 Å². The molecule has 0 bridgehead atoms. The summed E-state index contributed by atoms with van der Waals surface area (Å²) in [6.07, 6.45) is 3.70. The lowest BCUT2D eigenvalue weighted by molar-refractivity contribution is -0.118. The normalized spacial score (nSPS) is 14.1. The Labute approximate surface area is 171 Å². The molecule has 1 saturated heterocycles. The van der Waals surface area contributed by atoms with Crippen LogP contribution in [0.2, 0.25) is 0 Å². The van der Waals surface area contributed by atoms with Gasteiger partial charge in [0.1, 0.15) is 17.1 Å². The largest absolute Gasteiger partial charge is 0.481 e. The van der Waals surface area contributed by atoms with Gasteiger partial charge in [0, 0.05) is 24.2 Å². The fourth-order valence-corrected chi connectivity index (χ4v) is 3.91. The first-order valence-corrected chi connectivity index (χ1v) is 10.2. The summed E-state index contributed by atoms with van der Waals surface area (Å²) in [7, 11) is 0. The molecule has 2 aromatic carbocycles. The van der Waals surface area contributed by atoms with Crippen LogP contribution >= 0.6 is 0 Å². The van der Waals surface area contributed by atoms with Gasteiger partial charge in [0.15, 0.2) is 6.61 Å². The minimum absolute atomic E-state index is 0.0538. The number of piperidine rings is 1. The van der Waals surface area contributed by atoms with Crippen LogP contribution in [0.15, 0.2) is 48.5 Å². The van der Waals surface area contributed by atoms with Crippen molar-refractivity contribution in [1.82, 2.24) is 4.98 Å². The average molecular weight is 389 g/mol. The first-order chi connectivity index (χ1) is 14.1. The van der Waals surface area contributed by atoms with Crippen molar-refractivity contribution >= 4 is 28.3 Å². The van der Waals surface area contributed by atoms with E-state index in [9.17, 15) is 4.79 Å². The van der Waals surface area contributed by atoms with Crippen LogP contribution < -0.4 is 15.0 Å². The number of fused-ring (bicyclic) bond motifs is 1. The molecular weight excluding hydrogens is 362 g/mol. The van der Waals surface area contributed by atoms with Gasteiger partial charge < -0.3 is 15.0 Å². The van der Waals surface area contributed by atoms with Crippen LogP contribution in [0.4, 0.5) is 11.5 Å². The monoisotopic (exact) mass is 389 g/mol. The molecule has 0 aliphatic carbocycles. The zero-order valence-electron chi connectivity index (χ0n) is 17.1. The van der Waals surface area contributed by atoms with E-state index in [0.717, 1.165) is 46.6 Å². The van der Waals surface area contributed by atoms with Crippen LogP contribution in [0.3, 0.4) is 0 Å². The topological polar surface area (TPSA) is 54.5 Å². The molecule has 3 aromatic rings. The van der Waals surface area contributed by atoms with E-state index in [1.54, 1.807) is 0 Å². The Bertz CT molecular complexity index is 1010. The maximum atomic E-state index is 12.4. The van der Waals surface area contributed by atoms with Crippen molar-refractivity contribution in [2.24, 2.45) is 0 Å². The number of nitrogens with one attached hydrogen (secondary N) is 1. The van der Waals surface area contributed by atoms with Gasteiger partial charge in [0.05, 0.1) is 0 Å². The summed E-state index contributed by atoms with van der Waals surface area (Å²) in [6.45, 7) is 6.06. The predicted molar refractivity (Wildman–Crippen MR) is 118 cm³/mol. The third-order valence-electron chi connectivity index (χ3n) is 5.21. The number of aryl methyl sites for hydroxylation is 2. The number of nitrogens with zero attached hydrogens (tertiary/aromatic N) is 2. The minimum Gasteiger partial charge on any atom is -0.481 e. The third-order valence-corrected chi connectivity index (χ3v) is 5.21. The van der Waals surface area contributed by atoms with Crippen LogP contribution in [0.25, 0.3) is 10.9 Å². The molecule has 1 fully saturated rings. The maximum Gasteiger partial charge on any atom is 0.262 e. The number of anilines is 2. The number of pyridine rings is 1. The molecule has 150 valence electrons. The van der Waals surface area contributed by atoms with Crippen LogP contribution in [0.1, 0.15) is 30.4 Å². The molecule has 1 aliphatic rings. The Morgan fingerprint density at radius 1 is 1.03 bits per heavy atom. The van der Waals surface area contributed by atoms with Gasteiger partial charge in [-0.2, -0.15) is 0 Å². The van der Waals surface area contributed by atoms with Crippen molar-refractivity contribution in [1.29, 1.82) is 0 Å². The number of rotatable bonds is 5. The highest BCUT2D eigenvalue weighted by Crippen LogP contribution is 2.27. The number of aromatic nitrogens is 1. The molecule has 1 aliphatic heterocycles. The van der Waals surface area contributed by atoms with Gasteiger partial charge in [-0.25, -0.2) is 4.98 Å². The lowest BCUT2D eigenvalue weighted by Crippen LogP contribution is -2.30. The van der Waals surface area contributed by atoms with Crippen molar-refractivity contribution in [2.45, 2.75) is 33.1 Å². The highest BCUT2D eigenvalue weighted by molar-refractivity contribution is 5.92. The van der Waals surface area contributed by atoms with Crippen molar-refractivity contribution < 1.29 is 9.53 Å². The lowest BCUT2D eigenvalue weighted by atomic mass is 10.1. The quantitative estimate of drug-likeness (QED) is 0.677. The van der Waals surface area contributed by atoms with Crippen LogP contribution in [0.5, 0.6) is 5.75 Å².